The first-order valence-electron chi connectivity index (χ1n) is 7.58. The summed E-state index contributed by atoms with van der Waals surface area (Å²) in [4.78, 5) is 26.6. The van der Waals surface area contributed by atoms with Crippen molar-refractivity contribution in [2.24, 2.45) is 5.41 Å². The van der Waals surface area contributed by atoms with Gasteiger partial charge in [0.15, 0.2) is 9.84 Å². The van der Waals surface area contributed by atoms with Gasteiger partial charge in [0, 0.05) is 13.1 Å². The number of carbonyl (C=O) groups is 2. The maximum absolute atomic E-state index is 12.7. The zero-order chi connectivity index (χ0) is 18.1. The molecule has 24 heavy (non-hydrogen) atoms. The Morgan fingerprint density at radius 1 is 1.29 bits per heavy atom. The van der Waals surface area contributed by atoms with Crippen LogP contribution in [-0.4, -0.2) is 49.7 Å². The molecule has 0 radical (unpaired) electrons. The fourth-order valence-electron chi connectivity index (χ4n) is 2.63. The van der Waals surface area contributed by atoms with E-state index >= 15 is 0 Å². The van der Waals surface area contributed by atoms with E-state index in [0.717, 1.165) is 0 Å². The molecule has 2 rings (SSSR count). The monoisotopic (exact) mass is 372 g/mol. The Morgan fingerprint density at radius 2 is 1.92 bits per heavy atom. The van der Waals surface area contributed by atoms with Crippen LogP contribution in [0.15, 0.2) is 24.3 Å². The fraction of sp³-hybridized carbons (Fsp3) is 0.500. The molecule has 1 unspecified atom stereocenters. The van der Waals surface area contributed by atoms with E-state index in [1.54, 1.807) is 31.3 Å². The fourth-order valence-corrected chi connectivity index (χ4v) is 4.58. The molecule has 1 heterocycles. The minimum absolute atomic E-state index is 0.0581. The number of nitrogens with zero attached hydrogens (tertiary/aromatic N) is 1. The molecule has 1 aromatic rings. The topological polar surface area (TPSA) is 83.6 Å². The van der Waals surface area contributed by atoms with Crippen LogP contribution in [0.25, 0.3) is 0 Å². The third-order valence-electron chi connectivity index (χ3n) is 4.30. The van der Waals surface area contributed by atoms with Gasteiger partial charge in [0.2, 0.25) is 11.8 Å². The largest absolute Gasteiger partial charge is 0.341 e. The zero-order valence-electron chi connectivity index (χ0n) is 13.9. The molecule has 1 fully saturated rings. The molecule has 1 atom stereocenters. The summed E-state index contributed by atoms with van der Waals surface area (Å²) >= 11 is 6.02. The highest BCUT2D eigenvalue weighted by Gasteiger charge is 2.42. The molecule has 0 aliphatic carbocycles. The average molecular weight is 373 g/mol. The third-order valence-corrected chi connectivity index (χ3v) is 6.38. The van der Waals surface area contributed by atoms with E-state index in [1.807, 2.05) is 0 Å². The van der Waals surface area contributed by atoms with Crippen molar-refractivity contribution in [3.8, 4) is 0 Å². The predicted octanol–water partition coefficient (Wildman–Crippen LogP) is 1.95. The lowest BCUT2D eigenvalue weighted by atomic mass is 9.89. The van der Waals surface area contributed by atoms with Crippen molar-refractivity contribution in [2.75, 3.05) is 23.9 Å². The number of rotatable bonds is 4. The summed E-state index contributed by atoms with van der Waals surface area (Å²) < 4.78 is 23.2. The highest BCUT2D eigenvalue weighted by Crippen LogP contribution is 2.27. The smallest absolute Gasteiger partial charge is 0.239 e. The molecule has 0 saturated carbocycles. The summed E-state index contributed by atoms with van der Waals surface area (Å²) in [6, 6.07) is 6.36. The van der Waals surface area contributed by atoms with Gasteiger partial charge in [0.05, 0.1) is 22.2 Å². The number of benzene rings is 1. The maximum Gasteiger partial charge on any atom is 0.239 e. The number of nitrogens with one attached hydrogen (secondary N) is 1. The quantitative estimate of drug-likeness (QED) is 0.819. The zero-order valence-corrected chi connectivity index (χ0v) is 15.4. The van der Waals surface area contributed by atoms with Gasteiger partial charge >= 0.3 is 0 Å². The van der Waals surface area contributed by atoms with Crippen molar-refractivity contribution < 1.29 is 18.0 Å². The van der Waals surface area contributed by atoms with Gasteiger partial charge in [0.25, 0.3) is 0 Å². The predicted molar refractivity (Wildman–Crippen MR) is 93.7 cm³/mol. The SMILES string of the molecule is CN(C(=O)C(C)(C)C(=O)Nc1ccccc1Cl)C1CCS(=O)(=O)C1. The highest BCUT2D eigenvalue weighted by molar-refractivity contribution is 7.91. The van der Waals surface area contributed by atoms with Crippen LogP contribution in [-0.2, 0) is 19.4 Å². The molecule has 1 aromatic carbocycles. The van der Waals surface area contributed by atoms with Gasteiger partial charge in [-0.1, -0.05) is 23.7 Å². The van der Waals surface area contributed by atoms with Crippen molar-refractivity contribution in [1.82, 2.24) is 4.90 Å². The Labute approximate surface area is 147 Å². The Bertz CT molecular complexity index is 761. The van der Waals surface area contributed by atoms with E-state index in [0.29, 0.717) is 17.1 Å². The van der Waals surface area contributed by atoms with Crippen LogP contribution in [0.2, 0.25) is 5.02 Å². The average Bonchev–Trinajstić information content (AvgIpc) is 2.88. The Morgan fingerprint density at radius 3 is 2.46 bits per heavy atom. The summed E-state index contributed by atoms with van der Waals surface area (Å²) in [6.45, 7) is 3.03. The van der Waals surface area contributed by atoms with Crippen LogP contribution in [0, 0.1) is 5.41 Å². The molecule has 2 amide bonds. The summed E-state index contributed by atoms with van der Waals surface area (Å²) in [5, 5.41) is 3.04. The lowest BCUT2D eigenvalue weighted by Gasteiger charge is -2.31. The van der Waals surface area contributed by atoms with Gasteiger partial charge < -0.3 is 10.2 Å². The first kappa shape index (κ1) is 18.7. The highest BCUT2D eigenvalue weighted by atomic mass is 35.5. The van der Waals surface area contributed by atoms with Gasteiger partial charge in [-0.2, -0.15) is 0 Å². The maximum atomic E-state index is 12.7. The van der Waals surface area contributed by atoms with E-state index in [4.69, 9.17) is 11.6 Å². The molecule has 132 valence electrons. The van der Waals surface area contributed by atoms with Crippen LogP contribution < -0.4 is 5.32 Å². The molecule has 1 aliphatic rings. The molecule has 6 nitrogen and oxygen atoms in total. The second kappa shape index (κ2) is 6.72. The number of anilines is 1. The van der Waals surface area contributed by atoms with Crippen LogP contribution in [0.3, 0.4) is 0 Å². The molecular formula is C16H21ClN2O4S. The van der Waals surface area contributed by atoms with Gasteiger partial charge in [-0.15, -0.1) is 0 Å². The minimum atomic E-state index is -3.11. The van der Waals surface area contributed by atoms with Crippen LogP contribution in [0.4, 0.5) is 5.69 Å². The standard InChI is InChI=1S/C16H21ClN2O4S/c1-16(2,14(20)18-13-7-5-4-6-12(13)17)15(21)19(3)11-8-9-24(22,23)10-11/h4-7,11H,8-10H2,1-3H3,(H,18,20). The number of para-hydroxylation sites is 1. The minimum Gasteiger partial charge on any atom is -0.341 e. The normalized spacial score (nSPS) is 19.8. The Kier molecular flexibility index (Phi) is 5.25. The van der Waals surface area contributed by atoms with Crippen LogP contribution in [0.5, 0.6) is 0 Å². The number of hydrogen-bond acceptors (Lipinski definition) is 4. The first-order valence-corrected chi connectivity index (χ1v) is 9.78. The summed E-state index contributed by atoms with van der Waals surface area (Å²) in [6.07, 6.45) is 0.396. The molecule has 0 bridgehead atoms. The second-order valence-corrected chi connectivity index (χ2v) is 9.17. The van der Waals surface area contributed by atoms with Crippen LogP contribution in [0.1, 0.15) is 20.3 Å². The van der Waals surface area contributed by atoms with Crippen LogP contribution >= 0.6 is 11.6 Å². The molecule has 0 aromatic heterocycles. The number of hydrogen-bond donors (Lipinski definition) is 1. The lowest BCUT2D eigenvalue weighted by molar-refractivity contribution is -0.146. The Balaban J connectivity index is 2.12. The van der Waals surface area contributed by atoms with Crippen molar-refractivity contribution in [1.29, 1.82) is 0 Å². The van der Waals surface area contributed by atoms with Gasteiger partial charge in [-0.3, -0.25) is 9.59 Å². The van der Waals surface area contributed by atoms with Crippen molar-refractivity contribution in [3.05, 3.63) is 29.3 Å². The molecule has 0 spiro atoms. The van der Waals surface area contributed by atoms with Crippen molar-refractivity contribution >= 4 is 38.9 Å². The Hall–Kier alpha value is -1.60. The van der Waals surface area contributed by atoms with E-state index in [1.165, 1.54) is 18.7 Å². The summed E-state index contributed by atoms with van der Waals surface area (Å²) in [5.74, 6) is -0.902. The van der Waals surface area contributed by atoms with Gasteiger partial charge in [-0.05, 0) is 32.4 Å². The van der Waals surface area contributed by atoms with Crippen molar-refractivity contribution in [3.63, 3.8) is 0 Å². The number of amides is 2. The van der Waals surface area contributed by atoms with Crippen molar-refractivity contribution in [2.45, 2.75) is 26.3 Å². The molecular weight excluding hydrogens is 352 g/mol. The van der Waals surface area contributed by atoms with Gasteiger partial charge in [0.1, 0.15) is 5.41 Å². The number of carbonyl (C=O) groups excluding carboxylic acids is 2. The molecule has 1 aliphatic heterocycles. The molecule has 1 saturated heterocycles. The molecule has 8 heteroatoms. The summed E-state index contributed by atoms with van der Waals surface area (Å²) in [5.41, 5.74) is -0.920. The first-order chi connectivity index (χ1) is 11.0. The third kappa shape index (κ3) is 3.89. The van der Waals surface area contributed by atoms with E-state index in [2.05, 4.69) is 5.32 Å². The van der Waals surface area contributed by atoms with E-state index in [9.17, 15) is 18.0 Å². The molecule has 1 N–H and O–H groups in total. The lowest BCUT2D eigenvalue weighted by Crippen LogP contribution is -2.49. The number of halogens is 1. The van der Waals surface area contributed by atoms with E-state index in [-0.39, 0.29) is 11.5 Å². The van der Waals surface area contributed by atoms with E-state index < -0.39 is 33.1 Å². The second-order valence-electron chi connectivity index (χ2n) is 6.53. The van der Waals surface area contributed by atoms with Gasteiger partial charge in [-0.25, -0.2) is 8.42 Å². The summed E-state index contributed by atoms with van der Waals surface area (Å²) in [7, 11) is -1.57. The number of sulfone groups is 1.